The lowest BCUT2D eigenvalue weighted by molar-refractivity contribution is -0.142. The molecule has 1 aromatic heterocycles. The molecule has 2 aliphatic heterocycles. The van der Waals surface area contributed by atoms with Gasteiger partial charge < -0.3 is 30.1 Å². The Kier molecular flexibility index (Phi) is 9.92. The van der Waals surface area contributed by atoms with E-state index in [4.69, 9.17) is 9.47 Å². The number of carboxylic acid groups (broad SMARTS) is 1. The number of methoxy groups -OCH3 is 1. The van der Waals surface area contributed by atoms with Crippen molar-refractivity contribution in [2.24, 2.45) is 17.8 Å². The molecule has 276 valence electrons. The number of nitrogens with one attached hydrogen (secondary N) is 3. The normalized spacial score (nSPS) is 31.2. The number of aromatic nitrogens is 1. The van der Waals surface area contributed by atoms with Crippen molar-refractivity contribution in [3.05, 3.63) is 42.6 Å². The number of allylic oxidation sites excluding steroid dienone is 1. The molecule has 3 heterocycles. The van der Waals surface area contributed by atoms with E-state index in [1.54, 1.807) is 43.5 Å². The zero-order valence-corrected chi connectivity index (χ0v) is 29.6. The number of fused-ring (bicyclic) bond motifs is 3. The Morgan fingerprint density at radius 3 is 2.63 bits per heavy atom. The number of pyridine rings is 1. The number of sulfonamides is 1. The van der Waals surface area contributed by atoms with Gasteiger partial charge in [0.25, 0.3) is 5.91 Å². The lowest BCUT2D eigenvalue weighted by Crippen LogP contribution is -2.59. The van der Waals surface area contributed by atoms with Gasteiger partial charge in [-0.15, -0.1) is 0 Å². The molecule has 4 amide bonds. The highest BCUT2D eigenvalue weighted by Crippen LogP contribution is 2.48. The van der Waals surface area contributed by atoms with Crippen LogP contribution in [-0.2, 0) is 24.4 Å². The topological polar surface area (TPSA) is 193 Å². The van der Waals surface area contributed by atoms with Crippen LogP contribution in [0.15, 0.2) is 42.6 Å². The Hall–Kier alpha value is -4.47. The lowest BCUT2D eigenvalue weighted by Gasteiger charge is -2.32. The van der Waals surface area contributed by atoms with E-state index in [-0.39, 0.29) is 38.1 Å². The number of amides is 4. The molecule has 0 spiro atoms. The number of benzene rings is 1. The maximum atomic E-state index is 14.3. The summed E-state index contributed by atoms with van der Waals surface area (Å²) >= 11 is 0. The highest BCUT2D eigenvalue weighted by atomic mass is 32.2. The highest BCUT2D eigenvalue weighted by Gasteiger charge is 2.64. The first-order valence-corrected chi connectivity index (χ1v) is 18.7. The number of halogens is 1. The molecule has 0 bridgehead atoms. The van der Waals surface area contributed by atoms with E-state index in [9.17, 15) is 37.1 Å². The SMILES string of the molecule is COc1ccc2c(O[C@@H]3C[C@H]4C(=O)N[C@]5(C(=O)NS(=O)(=O)C6(CF)CC6)C[C@H]5/C=C\CC[C@@H](C)C[C@@H](C)[C@H](NC(=O)O)C(=O)N4C3)ccnc2c1. The fourth-order valence-electron chi connectivity index (χ4n) is 7.39. The van der Waals surface area contributed by atoms with Gasteiger partial charge in [0, 0.05) is 30.0 Å². The van der Waals surface area contributed by atoms with Crippen LogP contribution in [-0.4, -0.2) is 96.0 Å². The predicted molar refractivity (Wildman–Crippen MR) is 183 cm³/mol. The average molecular weight is 730 g/mol. The first-order chi connectivity index (χ1) is 24.2. The average Bonchev–Trinajstić information content (AvgIpc) is 3.99. The minimum Gasteiger partial charge on any atom is -0.497 e. The van der Waals surface area contributed by atoms with Crippen molar-refractivity contribution < 1.29 is 46.6 Å². The van der Waals surface area contributed by atoms with Gasteiger partial charge in [-0.1, -0.05) is 26.0 Å². The van der Waals surface area contributed by atoms with E-state index >= 15 is 0 Å². The second kappa shape index (κ2) is 13.9. The maximum Gasteiger partial charge on any atom is 0.405 e. The fourth-order valence-corrected chi connectivity index (χ4v) is 8.82. The standard InChI is InChI=1S/C35H44FN5O9S/c1-20-6-4-5-7-22-17-35(22,32(44)40-51(47,48)34(19-36)11-12-34)39-30(42)27-16-24(18-41(27)31(43)29(21(2)14-20)38-33(45)46)50-28-10-13-37-26-15-23(49-3)8-9-25(26)28/h5,7-10,13,15,20-22,24,27,29,38H,4,6,11-12,14,16-19H2,1-3H3,(H,39,42)(H,40,44)(H,45,46)/b7-5-/t20-,21-,22-,24-,27+,29+,35-/m1/s1. The van der Waals surface area contributed by atoms with E-state index in [0.29, 0.717) is 41.7 Å². The van der Waals surface area contributed by atoms with Crippen LogP contribution in [0.5, 0.6) is 11.5 Å². The van der Waals surface area contributed by atoms with Crippen molar-refractivity contribution in [1.29, 1.82) is 0 Å². The van der Waals surface area contributed by atoms with Crippen LogP contribution in [0.4, 0.5) is 9.18 Å². The summed E-state index contributed by atoms with van der Waals surface area (Å²) in [6, 6.07) is 4.56. The van der Waals surface area contributed by atoms with Crippen LogP contribution in [0.25, 0.3) is 10.9 Å². The fraction of sp³-hybridized carbons (Fsp3) is 0.571. The minimum absolute atomic E-state index is 0.0103. The number of ether oxygens (including phenoxy) is 2. The first kappa shape index (κ1) is 36.3. The van der Waals surface area contributed by atoms with E-state index in [1.807, 2.05) is 13.0 Å². The molecule has 3 fully saturated rings. The third-order valence-corrected chi connectivity index (χ3v) is 12.9. The molecule has 16 heteroatoms. The van der Waals surface area contributed by atoms with Crippen molar-refractivity contribution in [3.8, 4) is 11.5 Å². The van der Waals surface area contributed by atoms with Gasteiger partial charge in [0.05, 0.1) is 19.2 Å². The lowest BCUT2D eigenvalue weighted by atomic mass is 9.88. The van der Waals surface area contributed by atoms with E-state index in [0.717, 1.165) is 0 Å². The van der Waals surface area contributed by atoms with E-state index in [1.165, 1.54) is 12.0 Å². The number of carbonyl (C=O) groups excluding carboxylic acids is 3. The number of nitrogens with zero attached hydrogens (tertiary/aromatic N) is 2. The largest absolute Gasteiger partial charge is 0.497 e. The molecule has 51 heavy (non-hydrogen) atoms. The Morgan fingerprint density at radius 2 is 1.94 bits per heavy atom. The quantitative estimate of drug-likeness (QED) is 0.294. The summed E-state index contributed by atoms with van der Waals surface area (Å²) in [6.07, 6.45) is 5.19. The Morgan fingerprint density at radius 1 is 1.18 bits per heavy atom. The summed E-state index contributed by atoms with van der Waals surface area (Å²) in [6.45, 7) is 2.58. The van der Waals surface area contributed by atoms with Gasteiger partial charge in [-0.2, -0.15) is 0 Å². The van der Waals surface area contributed by atoms with E-state index < -0.39 is 80.8 Å². The molecule has 6 rings (SSSR count). The summed E-state index contributed by atoms with van der Waals surface area (Å²) in [5.41, 5.74) is -1.06. The molecule has 2 aromatic rings. The van der Waals surface area contributed by atoms with Gasteiger partial charge >= 0.3 is 6.09 Å². The molecule has 0 unspecified atom stereocenters. The Balaban J connectivity index is 1.33. The first-order valence-electron chi connectivity index (χ1n) is 17.2. The molecule has 14 nitrogen and oxygen atoms in total. The molecule has 0 radical (unpaired) electrons. The van der Waals surface area contributed by atoms with Crippen molar-refractivity contribution in [1.82, 2.24) is 25.2 Å². The summed E-state index contributed by atoms with van der Waals surface area (Å²) in [4.78, 5) is 60.0. The zero-order chi connectivity index (χ0) is 36.7. The molecule has 1 saturated heterocycles. The Labute approximate surface area is 295 Å². The van der Waals surface area contributed by atoms with Gasteiger partial charge in [-0.25, -0.2) is 17.6 Å². The maximum absolute atomic E-state index is 14.3. The summed E-state index contributed by atoms with van der Waals surface area (Å²) < 4.78 is 52.0. The molecular weight excluding hydrogens is 685 g/mol. The molecule has 7 atom stereocenters. The monoisotopic (exact) mass is 729 g/mol. The predicted octanol–water partition coefficient (Wildman–Crippen LogP) is 3.06. The minimum atomic E-state index is -4.38. The number of hydrogen-bond acceptors (Lipinski definition) is 9. The second-order valence-electron chi connectivity index (χ2n) is 14.4. The van der Waals surface area contributed by atoms with Crippen LogP contribution in [0.1, 0.15) is 58.8 Å². The second-order valence-corrected chi connectivity index (χ2v) is 16.5. The van der Waals surface area contributed by atoms with Gasteiger partial charge in [-0.05, 0) is 68.6 Å². The molecule has 2 saturated carbocycles. The summed E-state index contributed by atoms with van der Waals surface area (Å²) in [5, 5.41) is 15.5. The smallest absolute Gasteiger partial charge is 0.405 e. The zero-order valence-electron chi connectivity index (χ0n) is 28.8. The van der Waals surface area contributed by atoms with Crippen molar-refractivity contribution in [2.45, 2.75) is 87.3 Å². The van der Waals surface area contributed by atoms with Gasteiger partial charge in [0.15, 0.2) is 0 Å². The third-order valence-electron chi connectivity index (χ3n) is 10.7. The van der Waals surface area contributed by atoms with Crippen LogP contribution >= 0.6 is 0 Å². The molecule has 2 aliphatic carbocycles. The highest BCUT2D eigenvalue weighted by molar-refractivity contribution is 7.91. The molecule has 1 aromatic carbocycles. The van der Waals surface area contributed by atoms with E-state index in [2.05, 4.69) is 20.3 Å². The number of alkyl halides is 1. The van der Waals surface area contributed by atoms with Crippen LogP contribution in [0.2, 0.25) is 0 Å². The van der Waals surface area contributed by atoms with Crippen LogP contribution < -0.4 is 24.8 Å². The van der Waals surface area contributed by atoms with Crippen molar-refractivity contribution >= 4 is 44.7 Å². The van der Waals surface area contributed by atoms with Crippen LogP contribution in [0, 0.1) is 17.8 Å². The van der Waals surface area contributed by atoms with Gasteiger partial charge in [0.2, 0.25) is 21.8 Å². The number of hydrogen-bond donors (Lipinski definition) is 4. The number of rotatable bonds is 8. The summed E-state index contributed by atoms with van der Waals surface area (Å²) in [5.74, 6) is -2.15. The Bertz CT molecular complexity index is 1850. The van der Waals surface area contributed by atoms with Gasteiger partial charge in [-0.3, -0.25) is 24.1 Å². The van der Waals surface area contributed by atoms with Crippen molar-refractivity contribution in [3.63, 3.8) is 0 Å². The van der Waals surface area contributed by atoms with Crippen LogP contribution in [0.3, 0.4) is 0 Å². The molecule has 4 N–H and O–H groups in total. The molecular formula is C35H44FN5O9S. The summed E-state index contributed by atoms with van der Waals surface area (Å²) in [7, 11) is -2.84. The van der Waals surface area contributed by atoms with Gasteiger partial charge in [0.1, 0.15) is 46.6 Å². The van der Waals surface area contributed by atoms with Crippen molar-refractivity contribution in [2.75, 3.05) is 20.3 Å². The number of carbonyl (C=O) groups is 4. The molecule has 4 aliphatic rings. The third kappa shape index (κ3) is 7.19.